The first-order valence-corrected chi connectivity index (χ1v) is 8.95. The third kappa shape index (κ3) is 3.48. The number of benzene rings is 1. The normalized spacial score (nSPS) is 21.1. The van der Waals surface area contributed by atoms with Gasteiger partial charge >= 0.3 is 0 Å². The van der Waals surface area contributed by atoms with Crippen LogP contribution in [-0.4, -0.2) is 54.6 Å². The van der Waals surface area contributed by atoms with Crippen LogP contribution in [0.3, 0.4) is 0 Å². The molecule has 4 nitrogen and oxygen atoms in total. The highest BCUT2D eigenvalue weighted by Crippen LogP contribution is 2.47. The van der Waals surface area contributed by atoms with Gasteiger partial charge in [-0.3, -0.25) is 4.99 Å². The van der Waals surface area contributed by atoms with E-state index in [9.17, 15) is 4.39 Å². The molecular weight excluding hydrogens is 299 g/mol. The maximum atomic E-state index is 13.0. The summed E-state index contributed by atoms with van der Waals surface area (Å²) < 4.78 is 13.3. The molecule has 0 spiro atoms. The number of guanidine groups is 1. The molecule has 0 radical (unpaired) electrons. The molecule has 1 aromatic rings. The Morgan fingerprint density at radius 1 is 1.23 bits per heavy atom. The van der Waals surface area contributed by atoms with Crippen molar-refractivity contribution in [2.75, 3.05) is 43.9 Å². The number of piperazine rings is 1. The van der Waals surface area contributed by atoms with Crippen molar-refractivity contribution in [3.05, 3.63) is 30.1 Å². The molecule has 1 aromatic carbocycles. The second-order valence-electron chi connectivity index (χ2n) is 6.01. The minimum absolute atomic E-state index is 0.193. The van der Waals surface area contributed by atoms with E-state index in [0.29, 0.717) is 10.7 Å². The smallest absolute Gasteiger partial charge is 0.191 e. The first-order chi connectivity index (χ1) is 10.6. The quantitative estimate of drug-likeness (QED) is 0.681. The van der Waals surface area contributed by atoms with Crippen LogP contribution in [0.4, 0.5) is 10.1 Å². The maximum Gasteiger partial charge on any atom is 0.191 e. The van der Waals surface area contributed by atoms with Crippen LogP contribution in [0.25, 0.3) is 0 Å². The van der Waals surface area contributed by atoms with E-state index in [1.807, 2.05) is 23.9 Å². The van der Waals surface area contributed by atoms with Crippen molar-refractivity contribution in [1.82, 2.24) is 4.90 Å². The number of rotatable bonds is 4. The Labute approximate surface area is 135 Å². The molecule has 0 unspecified atom stereocenters. The molecule has 22 heavy (non-hydrogen) atoms. The lowest BCUT2D eigenvalue weighted by Crippen LogP contribution is -2.51. The van der Waals surface area contributed by atoms with Gasteiger partial charge in [0.1, 0.15) is 5.82 Å². The molecule has 0 aromatic heterocycles. The van der Waals surface area contributed by atoms with Crippen LogP contribution < -0.4 is 10.6 Å². The number of halogens is 1. The van der Waals surface area contributed by atoms with Gasteiger partial charge in [0.05, 0.1) is 6.54 Å². The lowest BCUT2D eigenvalue weighted by Gasteiger charge is -2.36. The molecule has 3 rings (SSSR count). The Kier molecular flexibility index (Phi) is 4.47. The van der Waals surface area contributed by atoms with E-state index in [0.717, 1.165) is 38.4 Å². The van der Waals surface area contributed by atoms with Crippen LogP contribution in [0.2, 0.25) is 0 Å². The maximum absolute atomic E-state index is 13.0. The van der Waals surface area contributed by atoms with E-state index in [-0.39, 0.29) is 5.82 Å². The number of hydrogen-bond acceptors (Lipinski definition) is 3. The number of anilines is 1. The van der Waals surface area contributed by atoms with Crippen LogP contribution in [0.15, 0.2) is 29.3 Å². The summed E-state index contributed by atoms with van der Waals surface area (Å²) in [6.45, 7) is 4.32. The lowest BCUT2D eigenvalue weighted by molar-refractivity contribution is 0.380. The molecule has 120 valence electrons. The van der Waals surface area contributed by atoms with Gasteiger partial charge in [-0.25, -0.2) is 4.39 Å². The van der Waals surface area contributed by atoms with Gasteiger partial charge in [0.15, 0.2) is 5.96 Å². The summed E-state index contributed by atoms with van der Waals surface area (Å²) in [6.07, 6.45) is 4.66. The van der Waals surface area contributed by atoms with Crippen molar-refractivity contribution in [3.8, 4) is 0 Å². The van der Waals surface area contributed by atoms with Gasteiger partial charge in [-0.2, -0.15) is 11.8 Å². The van der Waals surface area contributed by atoms with Gasteiger partial charge in [-0.15, -0.1) is 0 Å². The zero-order valence-corrected chi connectivity index (χ0v) is 13.8. The Morgan fingerprint density at radius 3 is 2.41 bits per heavy atom. The molecule has 1 aliphatic carbocycles. The average Bonchev–Trinajstić information content (AvgIpc) is 3.34. The van der Waals surface area contributed by atoms with Crippen molar-refractivity contribution in [1.29, 1.82) is 0 Å². The number of thioether (sulfide) groups is 1. The predicted octanol–water partition coefficient (Wildman–Crippen LogP) is 2.16. The fourth-order valence-electron chi connectivity index (χ4n) is 2.74. The number of nitrogens with zero attached hydrogens (tertiary/aromatic N) is 3. The van der Waals surface area contributed by atoms with Crippen molar-refractivity contribution in [2.24, 2.45) is 10.7 Å². The zero-order chi connectivity index (χ0) is 15.6. The molecule has 0 atom stereocenters. The standard InChI is InChI=1S/C16H23FN4S/c1-22-16(6-7-16)12-19-15(18)21-10-8-20(9-11-21)14-4-2-13(17)3-5-14/h2-5H,6-12H2,1H3,(H2,18,19). The largest absolute Gasteiger partial charge is 0.370 e. The van der Waals surface area contributed by atoms with E-state index in [1.54, 1.807) is 0 Å². The van der Waals surface area contributed by atoms with Crippen LogP contribution in [0.5, 0.6) is 0 Å². The summed E-state index contributed by atoms with van der Waals surface area (Å²) in [6, 6.07) is 6.68. The van der Waals surface area contributed by atoms with Crippen LogP contribution in [0.1, 0.15) is 12.8 Å². The Hall–Kier alpha value is -1.43. The summed E-state index contributed by atoms with van der Waals surface area (Å²) in [4.78, 5) is 9.00. The molecule has 1 heterocycles. The van der Waals surface area contributed by atoms with Gasteiger partial charge in [0.25, 0.3) is 0 Å². The summed E-state index contributed by atoms with van der Waals surface area (Å²) in [5.41, 5.74) is 7.21. The topological polar surface area (TPSA) is 44.9 Å². The molecule has 1 saturated heterocycles. The minimum atomic E-state index is -0.193. The molecule has 0 bridgehead atoms. The average molecular weight is 322 g/mol. The van der Waals surface area contributed by atoms with Crippen LogP contribution in [0, 0.1) is 5.82 Å². The van der Waals surface area contributed by atoms with Gasteiger partial charge in [0.2, 0.25) is 0 Å². The summed E-state index contributed by atoms with van der Waals surface area (Å²) >= 11 is 1.91. The van der Waals surface area contributed by atoms with Crippen LogP contribution >= 0.6 is 11.8 Å². The highest BCUT2D eigenvalue weighted by atomic mass is 32.2. The summed E-state index contributed by atoms with van der Waals surface area (Å²) in [7, 11) is 0. The number of nitrogens with two attached hydrogens (primary N) is 1. The Balaban J connectivity index is 1.52. The van der Waals surface area contributed by atoms with Gasteiger partial charge in [0, 0.05) is 36.6 Å². The molecule has 2 aliphatic rings. The van der Waals surface area contributed by atoms with Crippen molar-refractivity contribution >= 4 is 23.4 Å². The predicted molar refractivity (Wildman–Crippen MR) is 92.2 cm³/mol. The van der Waals surface area contributed by atoms with Gasteiger partial charge in [-0.1, -0.05) is 0 Å². The third-order valence-corrected chi connectivity index (χ3v) is 5.97. The minimum Gasteiger partial charge on any atom is -0.370 e. The highest BCUT2D eigenvalue weighted by Gasteiger charge is 2.41. The lowest BCUT2D eigenvalue weighted by atomic mass is 10.2. The van der Waals surface area contributed by atoms with Gasteiger partial charge in [-0.05, 0) is 43.4 Å². The fourth-order valence-corrected chi connectivity index (χ4v) is 3.44. The third-order valence-electron chi connectivity index (χ3n) is 4.57. The van der Waals surface area contributed by atoms with Crippen molar-refractivity contribution < 1.29 is 4.39 Å². The van der Waals surface area contributed by atoms with E-state index >= 15 is 0 Å². The van der Waals surface area contributed by atoms with Gasteiger partial charge < -0.3 is 15.5 Å². The Bertz CT molecular complexity index is 534. The fraction of sp³-hybridized carbons (Fsp3) is 0.562. The first kappa shape index (κ1) is 15.5. The van der Waals surface area contributed by atoms with E-state index in [4.69, 9.17) is 5.73 Å². The molecular formula is C16H23FN4S. The summed E-state index contributed by atoms with van der Waals surface area (Å²) in [5, 5.41) is 0. The van der Waals surface area contributed by atoms with Crippen molar-refractivity contribution in [2.45, 2.75) is 17.6 Å². The molecule has 1 aliphatic heterocycles. The number of aliphatic imine (C=N–C) groups is 1. The molecule has 2 N–H and O–H groups in total. The SMILES string of the molecule is CSC1(CN=C(N)N2CCN(c3ccc(F)cc3)CC2)CC1. The second kappa shape index (κ2) is 6.36. The molecule has 2 fully saturated rings. The van der Waals surface area contributed by atoms with Crippen LogP contribution in [-0.2, 0) is 0 Å². The summed E-state index contributed by atoms with van der Waals surface area (Å²) in [5.74, 6) is 0.473. The monoisotopic (exact) mass is 322 g/mol. The second-order valence-corrected chi connectivity index (χ2v) is 7.29. The van der Waals surface area contributed by atoms with E-state index < -0.39 is 0 Å². The van der Waals surface area contributed by atoms with E-state index in [1.165, 1.54) is 25.0 Å². The van der Waals surface area contributed by atoms with Crippen molar-refractivity contribution in [3.63, 3.8) is 0 Å². The van der Waals surface area contributed by atoms with E-state index in [2.05, 4.69) is 21.0 Å². The molecule has 0 amide bonds. The zero-order valence-electron chi connectivity index (χ0n) is 13.0. The number of hydrogen-bond donors (Lipinski definition) is 1. The Morgan fingerprint density at radius 2 is 1.86 bits per heavy atom. The molecule has 1 saturated carbocycles. The first-order valence-electron chi connectivity index (χ1n) is 7.72. The molecule has 6 heteroatoms. The highest BCUT2D eigenvalue weighted by molar-refractivity contribution is 8.00.